The van der Waals surface area contributed by atoms with E-state index in [1.807, 2.05) is 0 Å². The number of hydrogen-bond acceptors (Lipinski definition) is 3. The Kier molecular flexibility index (Phi) is 8.36. The van der Waals surface area contributed by atoms with Crippen molar-refractivity contribution in [2.45, 2.75) is 39.3 Å². The Hall–Kier alpha value is -5.51. The van der Waals surface area contributed by atoms with Gasteiger partial charge >= 0.3 is 0 Å². The van der Waals surface area contributed by atoms with Gasteiger partial charge < -0.3 is 0 Å². The number of hydrazine groups is 2. The average molecular weight is 788 g/mol. The molecule has 0 amide bonds. The SMILES string of the molecule is C[Si]1(C)C(c2ccccc2)=C(C2=CN(C3=C(c4ccccc4)[Si](C)(C)c4ccccc43)NN(C3=C(c4ccccc4)[Si](C)(C)c4ccccc43)C2)c2ccccc21. The highest BCUT2D eigenvalue weighted by atomic mass is 28.3. The van der Waals surface area contributed by atoms with Gasteiger partial charge in [0, 0.05) is 6.20 Å². The third-order valence-corrected chi connectivity index (χ3v) is 23.7. The summed E-state index contributed by atoms with van der Waals surface area (Å²) in [6.45, 7) is 16.0. The van der Waals surface area contributed by atoms with Gasteiger partial charge in [-0.1, -0.05) is 203 Å². The molecular weight excluding hydrogens is 739 g/mol. The maximum Gasteiger partial charge on any atom is 0.116 e. The molecule has 6 heteroatoms. The third-order valence-electron chi connectivity index (χ3n) is 13.0. The Morgan fingerprint density at radius 1 is 0.404 bits per heavy atom. The first-order valence-corrected chi connectivity index (χ1v) is 29.3. The van der Waals surface area contributed by atoms with E-state index in [2.05, 4.69) is 225 Å². The first-order chi connectivity index (χ1) is 27.6. The predicted octanol–water partition coefficient (Wildman–Crippen LogP) is 10.1. The molecule has 0 bridgehead atoms. The fourth-order valence-corrected chi connectivity index (χ4v) is 20.8. The number of benzene rings is 6. The quantitative estimate of drug-likeness (QED) is 0.170. The molecule has 0 saturated heterocycles. The Morgan fingerprint density at radius 2 is 0.772 bits per heavy atom. The number of nitrogens with zero attached hydrogens (tertiary/aromatic N) is 2. The fourth-order valence-electron chi connectivity index (χ4n) is 10.6. The van der Waals surface area contributed by atoms with Crippen LogP contribution < -0.4 is 21.1 Å². The topological polar surface area (TPSA) is 18.5 Å². The number of hydrogen-bond donors (Lipinski definition) is 1. The standard InChI is InChI=1S/C51H49N3Si3/c1-55(2)43-31-19-16-28-40(43)46(49(55)36-22-10-7-11-23-36)39-34-53(47-41-29-17-20-32-44(41)56(3,4)50(47)37-24-12-8-13-25-37)52-54(35-39)48-42-30-18-21-33-45(42)57(5,6)51(48)38-26-14-9-15-27-38/h7-34,52H,35H2,1-6H3. The molecule has 0 spiro atoms. The first-order valence-electron chi connectivity index (χ1n) is 20.3. The molecule has 280 valence electrons. The van der Waals surface area contributed by atoms with E-state index < -0.39 is 24.2 Å². The van der Waals surface area contributed by atoms with Gasteiger partial charge in [-0.25, -0.2) is 0 Å². The summed E-state index contributed by atoms with van der Waals surface area (Å²) >= 11 is 0. The third kappa shape index (κ3) is 5.46. The fraction of sp³-hybridized carbons (Fsp3) is 0.137. The van der Waals surface area contributed by atoms with Crippen molar-refractivity contribution >= 4 is 72.3 Å². The maximum absolute atomic E-state index is 4.15. The van der Waals surface area contributed by atoms with Crippen LogP contribution in [0.25, 0.3) is 32.6 Å². The molecule has 4 heterocycles. The normalized spacial score (nSPS) is 18.8. The second-order valence-electron chi connectivity index (χ2n) is 17.5. The highest BCUT2D eigenvalue weighted by molar-refractivity contribution is 7.09. The molecule has 6 aromatic rings. The van der Waals surface area contributed by atoms with Crippen LogP contribution in [0.1, 0.15) is 33.4 Å². The zero-order chi connectivity index (χ0) is 39.1. The molecule has 6 aromatic carbocycles. The largest absolute Gasteiger partial charge is 0.285 e. The molecule has 1 N–H and O–H groups in total. The first kappa shape index (κ1) is 35.9. The van der Waals surface area contributed by atoms with Crippen molar-refractivity contribution in [3.63, 3.8) is 0 Å². The van der Waals surface area contributed by atoms with E-state index in [9.17, 15) is 0 Å². The molecule has 0 fully saturated rings. The zero-order valence-electron chi connectivity index (χ0n) is 33.8. The van der Waals surface area contributed by atoms with Gasteiger partial charge in [-0.3, -0.25) is 10.0 Å². The van der Waals surface area contributed by atoms with Crippen LogP contribution in [0, 0.1) is 0 Å². The van der Waals surface area contributed by atoms with E-state index in [-0.39, 0.29) is 0 Å². The Balaban J connectivity index is 1.29. The highest BCUT2D eigenvalue weighted by Gasteiger charge is 2.47. The molecule has 0 aromatic heterocycles. The summed E-state index contributed by atoms with van der Waals surface area (Å²) in [5.41, 5.74) is 17.5. The molecular formula is C51H49N3Si3. The summed E-state index contributed by atoms with van der Waals surface area (Å²) in [6.07, 6.45) is 2.47. The minimum atomic E-state index is -2.14. The van der Waals surface area contributed by atoms with Gasteiger partial charge in [0.1, 0.15) is 24.2 Å². The smallest absolute Gasteiger partial charge is 0.116 e. The van der Waals surface area contributed by atoms with E-state index in [1.165, 1.54) is 87.1 Å². The zero-order valence-corrected chi connectivity index (χ0v) is 36.8. The highest BCUT2D eigenvalue weighted by Crippen LogP contribution is 2.49. The summed E-state index contributed by atoms with van der Waals surface area (Å²) in [5.74, 6) is 0. The summed E-state index contributed by atoms with van der Waals surface area (Å²) in [4.78, 5) is 0. The van der Waals surface area contributed by atoms with E-state index in [0.717, 1.165) is 6.54 Å². The predicted molar refractivity (Wildman–Crippen MR) is 250 cm³/mol. The molecule has 4 aliphatic heterocycles. The van der Waals surface area contributed by atoms with Crippen LogP contribution >= 0.6 is 0 Å². The van der Waals surface area contributed by atoms with Crippen molar-refractivity contribution < 1.29 is 0 Å². The lowest BCUT2D eigenvalue weighted by Gasteiger charge is -2.41. The van der Waals surface area contributed by atoms with Crippen molar-refractivity contribution in [2.75, 3.05) is 6.54 Å². The van der Waals surface area contributed by atoms with Gasteiger partial charge in [-0.15, -0.1) is 5.53 Å². The van der Waals surface area contributed by atoms with Crippen LogP contribution in [-0.2, 0) is 0 Å². The minimum absolute atomic E-state index is 0.724. The maximum atomic E-state index is 4.15. The van der Waals surface area contributed by atoms with Crippen molar-refractivity contribution in [1.29, 1.82) is 0 Å². The average Bonchev–Trinajstić information content (AvgIpc) is 3.74. The lowest BCUT2D eigenvalue weighted by molar-refractivity contribution is 0.160. The van der Waals surface area contributed by atoms with Crippen LogP contribution in [0.2, 0.25) is 39.3 Å². The van der Waals surface area contributed by atoms with Gasteiger partial charge in [-0.2, -0.15) is 0 Å². The molecule has 0 unspecified atom stereocenters. The summed E-state index contributed by atoms with van der Waals surface area (Å²) < 4.78 is 0. The van der Waals surface area contributed by atoms with Crippen molar-refractivity contribution in [2.24, 2.45) is 0 Å². The second kappa shape index (κ2) is 13.3. The summed E-state index contributed by atoms with van der Waals surface area (Å²) in [6, 6.07) is 61.3. The monoisotopic (exact) mass is 787 g/mol. The lowest BCUT2D eigenvalue weighted by atomic mass is 9.94. The van der Waals surface area contributed by atoms with Gasteiger partial charge in [0.25, 0.3) is 0 Å². The molecule has 3 nitrogen and oxygen atoms in total. The Bertz CT molecular complexity index is 2710. The second-order valence-corrected chi connectivity index (χ2v) is 30.4. The van der Waals surface area contributed by atoms with Crippen molar-refractivity contribution in [3.05, 3.63) is 209 Å². The summed E-state index contributed by atoms with van der Waals surface area (Å²) in [7, 11) is -6.38. The van der Waals surface area contributed by atoms with Gasteiger partial charge in [0.05, 0.1) is 17.9 Å². The molecule has 0 radical (unpaired) electrons. The van der Waals surface area contributed by atoms with Crippen molar-refractivity contribution in [1.82, 2.24) is 15.6 Å². The van der Waals surface area contributed by atoms with E-state index in [0.29, 0.717) is 0 Å². The molecule has 10 rings (SSSR count). The van der Waals surface area contributed by atoms with E-state index in [4.69, 9.17) is 0 Å². The van der Waals surface area contributed by atoms with Crippen LogP contribution in [0.3, 0.4) is 0 Å². The van der Waals surface area contributed by atoms with Crippen LogP contribution in [0.4, 0.5) is 0 Å². The molecule has 0 atom stereocenters. The Morgan fingerprint density at radius 3 is 1.28 bits per heavy atom. The lowest BCUT2D eigenvalue weighted by Crippen LogP contribution is -2.50. The minimum Gasteiger partial charge on any atom is -0.285 e. The Labute approximate surface area is 341 Å². The number of nitrogens with one attached hydrogen (secondary N) is 1. The van der Waals surface area contributed by atoms with Crippen LogP contribution in [0.5, 0.6) is 0 Å². The summed E-state index contributed by atoms with van der Waals surface area (Å²) in [5, 5.41) is 13.9. The molecule has 0 aliphatic carbocycles. The van der Waals surface area contributed by atoms with Crippen LogP contribution in [-0.4, -0.2) is 40.8 Å². The number of rotatable bonds is 6. The van der Waals surface area contributed by atoms with E-state index >= 15 is 0 Å². The molecule has 0 saturated carbocycles. The van der Waals surface area contributed by atoms with Crippen LogP contribution in [0.15, 0.2) is 176 Å². The van der Waals surface area contributed by atoms with E-state index in [1.54, 1.807) is 0 Å². The van der Waals surface area contributed by atoms with Gasteiger partial charge in [0.2, 0.25) is 0 Å². The van der Waals surface area contributed by atoms with Gasteiger partial charge in [-0.05, 0) is 75.7 Å². The number of fused-ring (bicyclic) bond motifs is 3. The molecule has 57 heavy (non-hydrogen) atoms. The van der Waals surface area contributed by atoms with Gasteiger partial charge in [0.15, 0.2) is 0 Å². The van der Waals surface area contributed by atoms with Crippen molar-refractivity contribution in [3.8, 4) is 0 Å². The molecule has 4 aliphatic rings.